The number of anilines is 1. The molecule has 1 aliphatic heterocycles. The molecule has 142 valence electrons. The van der Waals surface area contributed by atoms with Gasteiger partial charge in [0.2, 0.25) is 5.91 Å². The van der Waals surface area contributed by atoms with Crippen LogP contribution in [0.4, 0.5) is 5.69 Å². The summed E-state index contributed by atoms with van der Waals surface area (Å²) in [4.78, 5) is 37.8. The number of hydrogen-bond acceptors (Lipinski definition) is 5. The summed E-state index contributed by atoms with van der Waals surface area (Å²) in [5.74, 6) is -1.35. The van der Waals surface area contributed by atoms with E-state index in [9.17, 15) is 14.4 Å². The molecule has 1 atom stereocenters. The highest BCUT2D eigenvalue weighted by atomic mass is 35.5. The number of carbonyl (C=O) groups is 3. The van der Waals surface area contributed by atoms with Crippen LogP contribution < -0.4 is 15.0 Å². The monoisotopic (exact) mass is 382 g/mol. The molecule has 1 aromatic carbocycles. The van der Waals surface area contributed by atoms with Crippen LogP contribution in [0.25, 0.3) is 0 Å². The van der Waals surface area contributed by atoms with Crippen LogP contribution in [0.5, 0.6) is 5.75 Å². The molecule has 7 nitrogen and oxygen atoms in total. The molecule has 1 heterocycles. The second-order valence-electron chi connectivity index (χ2n) is 7.13. The number of nitrogens with one attached hydrogen (secondary N) is 1. The van der Waals surface area contributed by atoms with Crippen LogP contribution in [0.1, 0.15) is 27.2 Å². The number of nitrogens with zero attached hydrogens (tertiary/aromatic N) is 1. The van der Waals surface area contributed by atoms with E-state index in [1.54, 1.807) is 18.2 Å². The van der Waals surface area contributed by atoms with Crippen LogP contribution in [0.15, 0.2) is 18.2 Å². The van der Waals surface area contributed by atoms with Crippen molar-refractivity contribution in [1.82, 2.24) is 5.32 Å². The summed E-state index contributed by atoms with van der Waals surface area (Å²) >= 11 is 6.01. The average Bonchev–Trinajstić information content (AvgIpc) is 2.92. The lowest BCUT2D eigenvalue weighted by molar-refractivity contribution is -0.152. The number of hydrogen-bond donors (Lipinski definition) is 1. The van der Waals surface area contributed by atoms with Gasteiger partial charge in [0, 0.05) is 23.5 Å². The van der Waals surface area contributed by atoms with Crippen LogP contribution in [0, 0.1) is 5.92 Å². The number of carbonyl (C=O) groups excluding carboxylic acids is 3. The quantitative estimate of drug-likeness (QED) is 0.789. The Morgan fingerprint density at radius 2 is 2.04 bits per heavy atom. The zero-order valence-corrected chi connectivity index (χ0v) is 16.1. The predicted molar refractivity (Wildman–Crippen MR) is 97.3 cm³/mol. The Bertz CT molecular complexity index is 714. The maximum absolute atomic E-state index is 12.3. The molecular formula is C18H23ClN2O5. The second-order valence-corrected chi connectivity index (χ2v) is 7.56. The molecule has 0 unspecified atom stereocenters. The topological polar surface area (TPSA) is 84.9 Å². The molecule has 1 fully saturated rings. The minimum Gasteiger partial charge on any atom is -0.495 e. The highest BCUT2D eigenvalue weighted by Gasteiger charge is 2.37. The predicted octanol–water partition coefficient (Wildman–Crippen LogP) is 2.16. The first-order valence-corrected chi connectivity index (χ1v) is 8.60. The van der Waals surface area contributed by atoms with Crippen molar-refractivity contribution in [1.29, 1.82) is 0 Å². The maximum Gasteiger partial charge on any atom is 0.311 e. The molecule has 8 heteroatoms. The van der Waals surface area contributed by atoms with Crippen LogP contribution in [0.2, 0.25) is 5.02 Å². The Balaban J connectivity index is 2.00. The fraction of sp³-hybridized carbons (Fsp3) is 0.500. The molecular weight excluding hydrogens is 360 g/mol. The third-order valence-electron chi connectivity index (χ3n) is 3.75. The van der Waals surface area contributed by atoms with Crippen LogP contribution in [0.3, 0.4) is 0 Å². The largest absolute Gasteiger partial charge is 0.495 e. The molecule has 1 aliphatic rings. The highest BCUT2D eigenvalue weighted by Crippen LogP contribution is 2.35. The van der Waals surface area contributed by atoms with Crippen molar-refractivity contribution < 1.29 is 23.9 Å². The van der Waals surface area contributed by atoms with E-state index in [1.807, 2.05) is 20.8 Å². The summed E-state index contributed by atoms with van der Waals surface area (Å²) in [6.07, 6.45) is 0.00932. The summed E-state index contributed by atoms with van der Waals surface area (Å²) in [5, 5.41) is 3.16. The van der Waals surface area contributed by atoms with Gasteiger partial charge in [-0.3, -0.25) is 14.4 Å². The highest BCUT2D eigenvalue weighted by molar-refractivity contribution is 6.31. The molecule has 0 radical (unpaired) electrons. The SMILES string of the molecule is COc1ccc(Cl)cc1N1C[C@@H](C(=O)OCC(=O)NC(C)(C)C)CC1=O. The van der Waals surface area contributed by atoms with E-state index >= 15 is 0 Å². The van der Waals surface area contributed by atoms with Crippen molar-refractivity contribution in [3.8, 4) is 5.75 Å². The molecule has 26 heavy (non-hydrogen) atoms. The number of methoxy groups -OCH3 is 1. The third-order valence-corrected chi connectivity index (χ3v) is 3.99. The fourth-order valence-corrected chi connectivity index (χ4v) is 2.85. The van der Waals surface area contributed by atoms with Gasteiger partial charge in [0.25, 0.3) is 5.91 Å². The number of ether oxygens (including phenoxy) is 2. The average molecular weight is 383 g/mol. The minimum absolute atomic E-state index is 0.00932. The fourth-order valence-electron chi connectivity index (χ4n) is 2.68. The number of rotatable bonds is 5. The van der Waals surface area contributed by atoms with Crippen LogP contribution in [-0.2, 0) is 19.1 Å². The molecule has 0 saturated carbocycles. The summed E-state index contributed by atoms with van der Waals surface area (Å²) in [6, 6.07) is 4.93. The Morgan fingerprint density at radius 1 is 1.35 bits per heavy atom. The van der Waals surface area contributed by atoms with Crippen molar-refractivity contribution in [2.24, 2.45) is 5.92 Å². The first-order chi connectivity index (χ1) is 12.1. The van der Waals surface area contributed by atoms with Crippen molar-refractivity contribution >= 4 is 35.1 Å². The van der Waals surface area contributed by atoms with E-state index in [-0.39, 0.29) is 31.4 Å². The summed E-state index contributed by atoms with van der Waals surface area (Å²) in [6.45, 7) is 5.27. The van der Waals surface area contributed by atoms with E-state index in [2.05, 4.69) is 5.32 Å². The molecule has 1 N–H and O–H groups in total. The molecule has 1 saturated heterocycles. The lowest BCUT2D eigenvalue weighted by Crippen LogP contribution is -2.43. The van der Waals surface area contributed by atoms with Gasteiger partial charge in [0.1, 0.15) is 5.75 Å². The maximum atomic E-state index is 12.3. The zero-order chi connectivity index (χ0) is 19.5. The van der Waals surface area contributed by atoms with Crippen LogP contribution >= 0.6 is 11.6 Å². The van der Waals surface area contributed by atoms with E-state index in [4.69, 9.17) is 21.1 Å². The standard InChI is InChI=1S/C18H23ClN2O5/c1-18(2,3)20-15(22)10-26-17(24)11-7-16(23)21(9-11)13-8-12(19)5-6-14(13)25-4/h5-6,8,11H,7,9-10H2,1-4H3,(H,20,22)/t11-/m0/s1. The number of halogens is 1. The molecule has 0 aliphatic carbocycles. The molecule has 1 aromatic rings. The normalized spacial score (nSPS) is 17.2. The van der Waals surface area contributed by atoms with Crippen molar-refractivity contribution in [2.75, 3.05) is 25.2 Å². The van der Waals surface area contributed by atoms with Crippen molar-refractivity contribution in [3.63, 3.8) is 0 Å². The number of esters is 1. The first kappa shape index (κ1) is 20.0. The molecule has 0 bridgehead atoms. The van der Waals surface area contributed by atoms with Crippen LogP contribution in [-0.4, -0.2) is 43.6 Å². The minimum atomic E-state index is -0.645. The lowest BCUT2D eigenvalue weighted by Gasteiger charge is -2.21. The van der Waals surface area contributed by atoms with Gasteiger partial charge in [-0.2, -0.15) is 0 Å². The second kappa shape index (κ2) is 7.95. The van der Waals surface area contributed by atoms with E-state index in [0.717, 1.165) is 0 Å². The van der Waals surface area contributed by atoms with Gasteiger partial charge >= 0.3 is 5.97 Å². The van der Waals surface area contributed by atoms with Gasteiger partial charge < -0.3 is 19.7 Å². The van der Waals surface area contributed by atoms with Gasteiger partial charge in [0.05, 0.1) is 18.7 Å². The smallest absolute Gasteiger partial charge is 0.311 e. The van der Waals surface area contributed by atoms with Gasteiger partial charge in [-0.15, -0.1) is 0 Å². The van der Waals surface area contributed by atoms with E-state index in [1.165, 1.54) is 12.0 Å². The molecule has 2 amide bonds. The van der Waals surface area contributed by atoms with Gasteiger partial charge in [-0.1, -0.05) is 11.6 Å². The third kappa shape index (κ3) is 5.11. The van der Waals surface area contributed by atoms with Crippen molar-refractivity contribution in [3.05, 3.63) is 23.2 Å². The number of benzene rings is 1. The van der Waals surface area contributed by atoms with E-state index in [0.29, 0.717) is 16.5 Å². The van der Waals surface area contributed by atoms with E-state index < -0.39 is 17.4 Å². The molecule has 0 aromatic heterocycles. The summed E-state index contributed by atoms with van der Waals surface area (Å²) in [5.41, 5.74) is 0.0954. The molecule has 0 spiro atoms. The Labute approximate surface area is 157 Å². The summed E-state index contributed by atoms with van der Waals surface area (Å²) in [7, 11) is 1.49. The first-order valence-electron chi connectivity index (χ1n) is 8.22. The Hall–Kier alpha value is -2.28. The Kier molecular flexibility index (Phi) is 6.13. The zero-order valence-electron chi connectivity index (χ0n) is 15.3. The van der Waals surface area contributed by atoms with Gasteiger partial charge in [-0.25, -0.2) is 0 Å². The number of amides is 2. The van der Waals surface area contributed by atoms with Crippen molar-refractivity contribution in [2.45, 2.75) is 32.7 Å². The van der Waals surface area contributed by atoms with Gasteiger partial charge in [-0.05, 0) is 39.0 Å². The lowest BCUT2D eigenvalue weighted by atomic mass is 10.1. The molecule has 2 rings (SSSR count). The summed E-state index contributed by atoms with van der Waals surface area (Å²) < 4.78 is 10.3. The Morgan fingerprint density at radius 3 is 2.65 bits per heavy atom. The van der Waals surface area contributed by atoms with Gasteiger partial charge in [0.15, 0.2) is 6.61 Å².